The lowest BCUT2D eigenvalue weighted by molar-refractivity contribution is -0.142. The number of thioether (sulfide) groups is 1. The fraction of sp³-hybridized carbons (Fsp3) is 0.591. The Balaban J connectivity index is 4.33. The van der Waals surface area contributed by atoms with Gasteiger partial charge in [0.2, 0.25) is 0 Å². The van der Waals surface area contributed by atoms with Crippen molar-refractivity contribution < 1.29 is 24.6 Å². The lowest BCUT2D eigenvalue weighted by Gasteiger charge is -2.18. The van der Waals surface area contributed by atoms with Gasteiger partial charge >= 0.3 is 11.9 Å². The first-order valence-electron chi connectivity index (χ1n) is 9.85. The molecule has 0 aliphatic heterocycles. The molecule has 2 atom stereocenters. The van der Waals surface area contributed by atoms with Crippen molar-refractivity contribution in [1.82, 2.24) is 5.32 Å². The van der Waals surface area contributed by atoms with E-state index in [1.807, 2.05) is 0 Å². The molecule has 0 aromatic carbocycles. The van der Waals surface area contributed by atoms with Gasteiger partial charge in [-0.2, -0.15) is 11.8 Å². The summed E-state index contributed by atoms with van der Waals surface area (Å²) in [6, 6.07) is -2.20. The fourth-order valence-corrected chi connectivity index (χ4v) is 3.51. The molecule has 0 spiro atoms. The number of hydrogen-bond acceptors (Lipinski definition) is 5. The summed E-state index contributed by atoms with van der Waals surface area (Å²) in [5.74, 6) is -1.46. The molecule has 0 heterocycles. The Morgan fingerprint density at radius 2 is 1.45 bits per heavy atom. The normalized spacial score (nSPS) is 14.2. The number of carbonyl (C=O) groups excluding carboxylic acids is 1. The molecule has 0 aromatic rings. The molecule has 0 radical (unpaired) electrons. The summed E-state index contributed by atoms with van der Waals surface area (Å²) in [6.45, 7) is 8.43. The highest BCUT2D eigenvalue weighted by Crippen LogP contribution is 2.13. The third-order valence-electron chi connectivity index (χ3n) is 4.29. The van der Waals surface area contributed by atoms with Crippen LogP contribution in [0.25, 0.3) is 0 Å². The number of carbonyl (C=O) groups is 3. The maximum atomic E-state index is 11.3. The molecule has 0 aliphatic rings. The van der Waals surface area contributed by atoms with Gasteiger partial charge in [0.1, 0.15) is 18.4 Å². The van der Waals surface area contributed by atoms with E-state index in [-0.39, 0.29) is 12.2 Å². The minimum atomic E-state index is -1.23. The lowest BCUT2D eigenvalue weighted by atomic mass is 10.1. The summed E-state index contributed by atoms with van der Waals surface area (Å²) in [4.78, 5) is 32.9. The maximum absolute atomic E-state index is 11.3. The van der Waals surface area contributed by atoms with Crippen LogP contribution in [0.5, 0.6) is 0 Å². The highest BCUT2D eigenvalue weighted by molar-refractivity contribution is 7.99. The second-order valence-electron chi connectivity index (χ2n) is 7.35. The zero-order valence-corrected chi connectivity index (χ0v) is 18.8. The molecule has 1 unspecified atom stereocenters. The van der Waals surface area contributed by atoms with E-state index in [0.717, 1.165) is 25.7 Å². The van der Waals surface area contributed by atoms with Crippen LogP contribution in [0.2, 0.25) is 0 Å². The molecule has 0 fully saturated rings. The molecule has 3 N–H and O–H groups in total. The number of carboxylic acid groups (broad SMARTS) is 2. The average Bonchev–Trinajstić information content (AvgIpc) is 2.62. The number of aliphatic carboxylic acids is 2. The van der Waals surface area contributed by atoms with Crippen LogP contribution < -0.4 is 5.32 Å². The van der Waals surface area contributed by atoms with Crippen LogP contribution in [0.1, 0.15) is 59.8 Å². The molecule has 29 heavy (non-hydrogen) atoms. The molecule has 0 aliphatic carbocycles. The Hall–Kier alpha value is -1.86. The third-order valence-corrected chi connectivity index (χ3v) is 5.26. The van der Waals surface area contributed by atoms with E-state index in [1.54, 1.807) is 0 Å². The first-order chi connectivity index (χ1) is 13.7. The second-order valence-corrected chi connectivity index (χ2v) is 8.42. The smallest absolute Gasteiger partial charge is 0.321 e. The summed E-state index contributed by atoms with van der Waals surface area (Å²) < 4.78 is 0. The van der Waals surface area contributed by atoms with Crippen LogP contribution in [0.4, 0.5) is 0 Å². The average molecular weight is 426 g/mol. The monoisotopic (exact) mass is 425 g/mol. The molecule has 0 saturated carbocycles. The second kappa shape index (κ2) is 16.0. The molecule has 0 bridgehead atoms. The maximum Gasteiger partial charge on any atom is 0.321 e. The van der Waals surface area contributed by atoms with Crippen LogP contribution in [-0.4, -0.2) is 52.0 Å². The van der Waals surface area contributed by atoms with Gasteiger partial charge < -0.3 is 15.0 Å². The van der Waals surface area contributed by atoms with E-state index in [0.29, 0.717) is 12.0 Å². The Bertz CT molecular complexity index is 621. The first kappa shape index (κ1) is 27.1. The van der Waals surface area contributed by atoms with Crippen LogP contribution in [0, 0.1) is 0 Å². The standard InChI is InChI=1S/C22H35NO5S/c1-16(2)7-5-8-17(3)9-6-10-18(4)12-14-29-15-20(22(27)28)23-19(11-13-24)21(25)26/h7,9,12-13,19-20,23H,5-6,8,10-11,14-15H2,1-4H3,(H,25,26)(H,27,28)/b17-9+,18-12+/t19?,20-/m1/s1. The summed E-state index contributed by atoms with van der Waals surface area (Å²) in [7, 11) is 0. The van der Waals surface area contributed by atoms with Gasteiger partial charge in [0.15, 0.2) is 0 Å². The molecule has 0 amide bonds. The summed E-state index contributed by atoms with van der Waals surface area (Å²) in [5.41, 5.74) is 3.98. The molecule has 6 nitrogen and oxygen atoms in total. The van der Waals surface area contributed by atoms with E-state index in [4.69, 9.17) is 5.11 Å². The van der Waals surface area contributed by atoms with Gasteiger partial charge in [-0.15, -0.1) is 0 Å². The predicted octanol–water partition coefficient (Wildman–Crippen LogP) is 4.22. The minimum absolute atomic E-state index is 0.227. The minimum Gasteiger partial charge on any atom is -0.480 e. The third kappa shape index (κ3) is 14.7. The van der Waals surface area contributed by atoms with Crippen LogP contribution in [0.3, 0.4) is 0 Å². The molecule has 0 aromatic heterocycles. The van der Waals surface area contributed by atoms with Gasteiger partial charge in [-0.3, -0.25) is 14.9 Å². The fourth-order valence-electron chi connectivity index (χ4n) is 2.50. The molecule has 7 heteroatoms. The van der Waals surface area contributed by atoms with Crippen molar-refractivity contribution in [3.63, 3.8) is 0 Å². The number of nitrogens with one attached hydrogen (secondary N) is 1. The summed E-state index contributed by atoms with van der Waals surface area (Å²) in [5, 5.41) is 20.8. The van der Waals surface area contributed by atoms with E-state index in [2.05, 4.69) is 51.2 Å². The van der Waals surface area contributed by atoms with Gasteiger partial charge in [0, 0.05) is 17.9 Å². The highest BCUT2D eigenvalue weighted by atomic mass is 32.2. The number of carboxylic acids is 2. The topological polar surface area (TPSA) is 104 Å². The Kier molecular flexibility index (Phi) is 15.0. The van der Waals surface area contributed by atoms with Crippen molar-refractivity contribution in [1.29, 1.82) is 0 Å². The zero-order valence-electron chi connectivity index (χ0n) is 17.9. The van der Waals surface area contributed by atoms with Gasteiger partial charge in [-0.05, 0) is 53.4 Å². The Morgan fingerprint density at radius 1 is 0.897 bits per heavy atom. The molecular weight excluding hydrogens is 390 g/mol. The lowest BCUT2D eigenvalue weighted by Crippen LogP contribution is -2.48. The Morgan fingerprint density at radius 3 is 1.97 bits per heavy atom. The van der Waals surface area contributed by atoms with Crippen LogP contribution in [0.15, 0.2) is 34.9 Å². The molecule has 0 saturated heterocycles. The van der Waals surface area contributed by atoms with E-state index >= 15 is 0 Å². The number of allylic oxidation sites excluding steroid dienone is 5. The van der Waals surface area contributed by atoms with Crippen molar-refractivity contribution in [3.8, 4) is 0 Å². The highest BCUT2D eigenvalue weighted by Gasteiger charge is 2.25. The number of rotatable bonds is 16. The largest absolute Gasteiger partial charge is 0.480 e. The first-order valence-corrected chi connectivity index (χ1v) is 11.0. The van der Waals surface area contributed by atoms with Crippen LogP contribution >= 0.6 is 11.8 Å². The molecular formula is C22H35NO5S. The van der Waals surface area contributed by atoms with Crippen molar-refractivity contribution in [2.75, 3.05) is 11.5 Å². The summed E-state index contributed by atoms with van der Waals surface area (Å²) in [6.07, 6.45) is 10.9. The van der Waals surface area contributed by atoms with E-state index in [1.165, 1.54) is 28.5 Å². The van der Waals surface area contributed by atoms with Crippen LogP contribution in [-0.2, 0) is 14.4 Å². The zero-order chi connectivity index (χ0) is 22.2. The van der Waals surface area contributed by atoms with Crippen molar-refractivity contribution in [2.24, 2.45) is 0 Å². The molecule has 164 valence electrons. The summed E-state index contributed by atoms with van der Waals surface area (Å²) >= 11 is 1.42. The number of aldehydes is 1. The van der Waals surface area contributed by atoms with Gasteiger partial charge in [-0.25, -0.2) is 0 Å². The van der Waals surface area contributed by atoms with E-state index in [9.17, 15) is 19.5 Å². The SMILES string of the molecule is CC(C)=CCC/C(C)=C/CC/C(C)=C/CSC[C@@H](NC(CC=O)C(=O)O)C(=O)O. The van der Waals surface area contributed by atoms with Gasteiger partial charge in [0.05, 0.1) is 0 Å². The van der Waals surface area contributed by atoms with Gasteiger partial charge in [0.25, 0.3) is 0 Å². The van der Waals surface area contributed by atoms with Crippen molar-refractivity contribution in [3.05, 3.63) is 34.9 Å². The molecule has 0 rings (SSSR count). The van der Waals surface area contributed by atoms with Gasteiger partial charge in [-0.1, -0.05) is 34.9 Å². The van der Waals surface area contributed by atoms with Crippen molar-refractivity contribution >= 4 is 30.0 Å². The predicted molar refractivity (Wildman–Crippen MR) is 119 cm³/mol. The quantitative estimate of drug-likeness (QED) is 0.193. The number of hydrogen-bond donors (Lipinski definition) is 3. The Labute approximate surface area is 178 Å². The van der Waals surface area contributed by atoms with E-state index < -0.39 is 24.0 Å². The van der Waals surface area contributed by atoms with Crippen molar-refractivity contribution in [2.45, 2.75) is 71.9 Å².